The minimum absolute atomic E-state index is 0.0562. The Bertz CT molecular complexity index is 573. The molecule has 1 aromatic carbocycles. The molecule has 0 aliphatic carbocycles. The van der Waals surface area contributed by atoms with E-state index in [-0.39, 0.29) is 18.0 Å². The average Bonchev–Trinajstić information content (AvgIpc) is 2.93. The molecule has 2 saturated heterocycles. The molecule has 0 spiro atoms. The Hall–Kier alpha value is -1.55. The van der Waals surface area contributed by atoms with E-state index in [4.69, 9.17) is 9.47 Å². The number of carbonyl (C=O) groups is 1. The molecule has 0 amide bonds. The van der Waals surface area contributed by atoms with Gasteiger partial charge in [0.25, 0.3) is 0 Å². The Morgan fingerprint density at radius 2 is 1.91 bits per heavy atom. The lowest BCUT2D eigenvalue weighted by Crippen LogP contribution is -2.44. The zero-order chi connectivity index (χ0) is 15.3. The van der Waals surface area contributed by atoms with Crippen LogP contribution in [0.15, 0.2) is 24.3 Å². The monoisotopic (exact) mass is 301 g/mol. The fourth-order valence-electron chi connectivity index (χ4n) is 4.31. The van der Waals surface area contributed by atoms with Crippen molar-refractivity contribution in [2.45, 2.75) is 62.8 Å². The maximum atomic E-state index is 12.5. The van der Waals surface area contributed by atoms with Crippen molar-refractivity contribution in [1.82, 2.24) is 4.90 Å². The molecule has 3 heterocycles. The van der Waals surface area contributed by atoms with Gasteiger partial charge in [-0.1, -0.05) is 25.1 Å². The van der Waals surface area contributed by atoms with Gasteiger partial charge in [-0.05, 0) is 38.8 Å². The van der Waals surface area contributed by atoms with Gasteiger partial charge in [-0.25, -0.2) is 4.79 Å². The molecule has 2 bridgehead atoms. The van der Waals surface area contributed by atoms with Crippen molar-refractivity contribution >= 4 is 5.97 Å². The highest BCUT2D eigenvalue weighted by Crippen LogP contribution is 2.39. The quantitative estimate of drug-likeness (QED) is 0.787. The van der Waals surface area contributed by atoms with Crippen molar-refractivity contribution in [2.24, 2.45) is 0 Å². The van der Waals surface area contributed by atoms with E-state index < -0.39 is 6.10 Å². The van der Waals surface area contributed by atoms with Gasteiger partial charge in [0.15, 0.2) is 0 Å². The summed E-state index contributed by atoms with van der Waals surface area (Å²) in [6.45, 7) is 2.04. The summed E-state index contributed by atoms with van der Waals surface area (Å²) in [4.78, 5) is 15.0. The second kappa shape index (κ2) is 5.27. The first-order valence-electron chi connectivity index (χ1n) is 8.31. The number of nitrogens with zero attached hydrogens (tertiary/aromatic N) is 1. The summed E-state index contributed by atoms with van der Waals surface area (Å²) in [6.07, 6.45) is 3.96. The molecule has 0 radical (unpaired) electrons. The van der Waals surface area contributed by atoms with Crippen molar-refractivity contribution in [2.75, 3.05) is 7.05 Å². The molecule has 0 N–H and O–H groups in total. The molecule has 1 aromatic rings. The Kier molecular flexibility index (Phi) is 3.37. The number of ether oxygens (including phenoxy) is 2. The highest BCUT2D eigenvalue weighted by molar-refractivity contribution is 5.78. The van der Waals surface area contributed by atoms with Crippen LogP contribution in [0.3, 0.4) is 0 Å². The molecule has 4 heteroatoms. The van der Waals surface area contributed by atoms with E-state index in [0.717, 1.165) is 24.2 Å². The van der Waals surface area contributed by atoms with E-state index in [1.165, 1.54) is 12.8 Å². The average molecular weight is 301 g/mol. The first kappa shape index (κ1) is 14.1. The lowest BCUT2D eigenvalue weighted by Gasteiger charge is -2.36. The van der Waals surface area contributed by atoms with E-state index in [2.05, 4.69) is 11.9 Å². The van der Waals surface area contributed by atoms with Gasteiger partial charge < -0.3 is 14.4 Å². The van der Waals surface area contributed by atoms with Crippen LogP contribution < -0.4 is 4.74 Å². The number of para-hydroxylation sites is 1. The Morgan fingerprint density at radius 3 is 2.59 bits per heavy atom. The van der Waals surface area contributed by atoms with Gasteiger partial charge in [-0.15, -0.1) is 0 Å². The van der Waals surface area contributed by atoms with Gasteiger partial charge in [0, 0.05) is 23.6 Å². The predicted molar refractivity (Wildman–Crippen MR) is 83.0 cm³/mol. The van der Waals surface area contributed by atoms with Crippen LogP contribution >= 0.6 is 0 Å². The van der Waals surface area contributed by atoms with Crippen LogP contribution in [0.2, 0.25) is 0 Å². The van der Waals surface area contributed by atoms with Crippen molar-refractivity contribution in [3.63, 3.8) is 0 Å². The fraction of sp³-hybridized carbons (Fsp3) is 0.611. The van der Waals surface area contributed by atoms with Gasteiger partial charge in [-0.2, -0.15) is 0 Å². The first-order valence-corrected chi connectivity index (χ1v) is 8.31. The van der Waals surface area contributed by atoms with Gasteiger partial charge in [0.05, 0.1) is 0 Å². The van der Waals surface area contributed by atoms with E-state index in [9.17, 15) is 4.79 Å². The third-order valence-corrected chi connectivity index (χ3v) is 5.69. The number of fused-ring (bicyclic) bond motifs is 3. The molecule has 5 atom stereocenters. The molecule has 2 fully saturated rings. The minimum atomic E-state index is -0.491. The summed E-state index contributed by atoms with van der Waals surface area (Å²) in [5.74, 6) is 0.685. The lowest BCUT2D eigenvalue weighted by atomic mass is 9.97. The smallest absolute Gasteiger partial charge is 0.348 e. The Balaban J connectivity index is 1.42. The van der Waals surface area contributed by atoms with E-state index in [1.54, 1.807) is 0 Å². The van der Waals surface area contributed by atoms with E-state index in [1.807, 2.05) is 31.2 Å². The second-order valence-electron chi connectivity index (χ2n) is 6.95. The molecule has 0 aromatic heterocycles. The van der Waals surface area contributed by atoms with Crippen LogP contribution in [0.25, 0.3) is 0 Å². The molecule has 3 aliphatic heterocycles. The van der Waals surface area contributed by atoms with Gasteiger partial charge in [-0.3, -0.25) is 0 Å². The van der Waals surface area contributed by atoms with Crippen LogP contribution in [0.1, 0.15) is 44.1 Å². The molecule has 0 saturated carbocycles. The van der Waals surface area contributed by atoms with Crippen molar-refractivity contribution in [3.05, 3.63) is 29.8 Å². The summed E-state index contributed by atoms with van der Waals surface area (Å²) >= 11 is 0. The maximum absolute atomic E-state index is 12.5. The number of carbonyl (C=O) groups excluding carboxylic acids is 1. The van der Waals surface area contributed by atoms with Crippen molar-refractivity contribution in [3.8, 4) is 5.75 Å². The first-order chi connectivity index (χ1) is 10.6. The predicted octanol–water partition coefficient (Wildman–Crippen LogP) is 2.72. The van der Waals surface area contributed by atoms with Gasteiger partial charge >= 0.3 is 5.97 Å². The Morgan fingerprint density at radius 1 is 1.23 bits per heavy atom. The van der Waals surface area contributed by atoms with Crippen LogP contribution in [0.5, 0.6) is 5.75 Å². The number of hydrogen-bond donors (Lipinski definition) is 0. The highest BCUT2D eigenvalue weighted by Gasteiger charge is 2.42. The second-order valence-corrected chi connectivity index (χ2v) is 6.95. The zero-order valence-corrected chi connectivity index (χ0v) is 13.2. The Labute approximate surface area is 131 Å². The third-order valence-electron chi connectivity index (χ3n) is 5.69. The normalized spacial score (nSPS) is 36.7. The number of piperidine rings is 1. The summed E-state index contributed by atoms with van der Waals surface area (Å²) < 4.78 is 11.6. The highest BCUT2D eigenvalue weighted by atomic mass is 16.6. The molecule has 4 rings (SSSR count). The maximum Gasteiger partial charge on any atom is 0.348 e. The zero-order valence-electron chi connectivity index (χ0n) is 13.2. The van der Waals surface area contributed by atoms with Crippen LogP contribution in [0.4, 0.5) is 0 Å². The molecular formula is C18H23NO3. The number of esters is 1. The standard InChI is InChI=1S/C18H23NO3/c1-11-15-5-3-4-6-16(15)22-17(11)18(20)21-14-9-12-7-8-13(10-14)19(12)2/h3-6,11-14,17H,7-10H2,1-2H3/t11?,12-,13+,14?,17?. The fourth-order valence-corrected chi connectivity index (χ4v) is 4.31. The molecule has 4 nitrogen and oxygen atoms in total. The van der Waals surface area contributed by atoms with Crippen LogP contribution in [-0.4, -0.2) is 42.2 Å². The summed E-state index contributed by atoms with van der Waals surface area (Å²) in [6, 6.07) is 9.04. The summed E-state index contributed by atoms with van der Waals surface area (Å²) in [5.41, 5.74) is 1.10. The van der Waals surface area contributed by atoms with Gasteiger partial charge in [0.1, 0.15) is 11.9 Å². The molecule has 3 unspecified atom stereocenters. The van der Waals surface area contributed by atoms with Crippen LogP contribution in [0, 0.1) is 0 Å². The van der Waals surface area contributed by atoms with E-state index >= 15 is 0 Å². The van der Waals surface area contributed by atoms with E-state index in [0.29, 0.717) is 12.1 Å². The summed E-state index contributed by atoms with van der Waals surface area (Å²) in [7, 11) is 2.19. The van der Waals surface area contributed by atoms with Crippen molar-refractivity contribution in [1.29, 1.82) is 0 Å². The molecular weight excluding hydrogens is 278 g/mol. The van der Waals surface area contributed by atoms with Gasteiger partial charge in [0.2, 0.25) is 6.10 Å². The number of benzene rings is 1. The third kappa shape index (κ3) is 2.21. The van der Waals surface area contributed by atoms with Crippen molar-refractivity contribution < 1.29 is 14.3 Å². The molecule has 118 valence electrons. The summed E-state index contributed by atoms with van der Waals surface area (Å²) in [5, 5.41) is 0. The number of rotatable bonds is 2. The topological polar surface area (TPSA) is 38.8 Å². The molecule has 3 aliphatic rings. The molecule has 22 heavy (non-hydrogen) atoms. The minimum Gasteiger partial charge on any atom is -0.478 e. The number of hydrogen-bond acceptors (Lipinski definition) is 4. The van der Waals surface area contributed by atoms with Crippen LogP contribution in [-0.2, 0) is 9.53 Å². The lowest BCUT2D eigenvalue weighted by molar-refractivity contribution is -0.160. The SMILES string of the molecule is CC1c2ccccc2OC1C(=O)OC1C[C@H]2CC[C@@H](C1)N2C. The largest absolute Gasteiger partial charge is 0.478 e.